The summed E-state index contributed by atoms with van der Waals surface area (Å²) in [6.45, 7) is 4.67. The van der Waals surface area contributed by atoms with E-state index in [9.17, 15) is 19.2 Å². The number of hydrazine groups is 2. The lowest BCUT2D eigenvalue weighted by atomic mass is 9.93. The van der Waals surface area contributed by atoms with E-state index in [1.807, 2.05) is 6.07 Å². The number of rotatable bonds is 26. The zero-order chi connectivity index (χ0) is 36.3. The van der Waals surface area contributed by atoms with Crippen LogP contribution >= 0.6 is 0 Å². The minimum atomic E-state index is -1.01. The van der Waals surface area contributed by atoms with Gasteiger partial charge < -0.3 is 28.7 Å². The Morgan fingerprint density at radius 3 is 1.76 bits per heavy atom. The Bertz CT molecular complexity index is 1340. The van der Waals surface area contributed by atoms with Crippen molar-refractivity contribution >= 4 is 29.0 Å². The molecular weight excluding hydrogens is 628 g/mol. The maximum Gasteiger partial charge on any atom is 0.218 e. The first-order chi connectivity index (χ1) is 23.3. The summed E-state index contributed by atoms with van der Waals surface area (Å²) >= 11 is 0. The number of nitrogens with two attached hydrogens (primary N) is 5. The Morgan fingerprint density at radius 2 is 1.24 bits per heavy atom. The third-order valence-electron chi connectivity index (χ3n) is 7.65. The van der Waals surface area contributed by atoms with Crippen molar-refractivity contribution in [2.45, 2.75) is 83.2 Å². The van der Waals surface area contributed by atoms with Gasteiger partial charge in [-0.2, -0.15) is 0 Å². The van der Waals surface area contributed by atoms with Crippen LogP contribution in [-0.2, 0) is 32.1 Å². The Labute approximate surface area is 287 Å². The van der Waals surface area contributed by atoms with Crippen LogP contribution in [0.25, 0.3) is 0 Å². The molecule has 2 rings (SSSR count). The molecule has 0 aromatic heterocycles. The molecule has 2 aromatic rings. The largest absolute Gasteiger partial charge is 0.384 e. The number of amidine groups is 1. The number of nitrogens with one attached hydrogen (secondary N) is 7. The average molecular weight is 683 g/mol. The molecule has 0 fully saturated rings. The van der Waals surface area contributed by atoms with Gasteiger partial charge in [0.15, 0.2) is 0 Å². The van der Waals surface area contributed by atoms with E-state index in [1.165, 1.54) is 0 Å². The molecule has 0 heterocycles. The number of carbonyl (C=O) groups excluding carboxylic acids is 4. The van der Waals surface area contributed by atoms with E-state index >= 15 is 0 Å². The standard InChI is InChI=1S/C33H54N12O4/c1-20(2)27(45-44-24(10-6-16-40-32(36)37)28(47)26(46)18-21-8-4-3-5-9-21)30(49)29(48)25(11-7-17-41-33(38)39)43-42-19-22-12-14-23(15-13-22)31(34)35/h3-5,8-9,12-15,20,24-25,27,32-33,40-45H,6-7,10-11,16-19,36-39H2,1-2H3,(H3,34,35)/t24-,25-,27-/m0/s1. The van der Waals surface area contributed by atoms with Gasteiger partial charge in [0.05, 0.1) is 18.1 Å². The fourth-order valence-corrected chi connectivity index (χ4v) is 4.88. The van der Waals surface area contributed by atoms with Crippen molar-refractivity contribution in [3.05, 3.63) is 71.3 Å². The van der Waals surface area contributed by atoms with Crippen LogP contribution in [0.5, 0.6) is 0 Å². The van der Waals surface area contributed by atoms with Crippen LogP contribution in [-0.4, -0.2) is 72.8 Å². The molecular formula is C33H54N12O4. The minimum absolute atomic E-state index is 0.0433. The zero-order valence-electron chi connectivity index (χ0n) is 28.3. The van der Waals surface area contributed by atoms with Gasteiger partial charge in [-0.25, -0.2) is 16.3 Å². The van der Waals surface area contributed by atoms with Crippen LogP contribution in [0.15, 0.2) is 54.6 Å². The van der Waals surface area contributed by atoms with E-state index in [1.54, 1.807) is 62.4 Å². The van der Waals surface area contributed by atoms with Crippen molar-refractivity contribution in [1.82, 2.24) is 32.3 Å². The molecule has 0 amide bonds. The molecule has 0 radical (unpaired) electrons. The number of carbonyl (C=O) groups is 4. The van der Waals surface area contributed by atoms with Crippen molar-refractivity contribution in [3.8, 4) is 0 Å². The highest BCUT2D eigenvalue weighted by Gasteiger charge is 2.34. The third kappa shape index (κ3) is 15.5. The molecule has 3 atom stereocenters. The molecule has 0 aliphatic carbocycles. The Balaban J connectivity index is 2.14. The van der Waals surface area contributed by atoms with Gasteiger partial charge in [0.1, 0.15) is 18.4 Å². The summed E-state index contributed by atoms with van der Waals surface area (Å²) < 4.78 is 0. The molecule has 0 saturated heterocycles. The van der Waals surface area contributed by atoms with Gasteiger partial charge >= 0.3 is 0 Å². The summed E-state index contributed by atoms with van der Waals surface area (Å²) in [7, 11) is 0. The predicted octanol–water partition coefficient (Wildman–Crippen LogP) is -1.92. The highest BCUT2D eigenvalue weighted by molar-refractivity contribution is 6.41. The van der Waals surface area contributed by atoms with Gasteiger partial charge in [0.2, 0.25) is 23.1 Å². The van der Waals surface area contributed by atoms with Crippen molar-refractivity contribution in [2.24, 2.45) is 34.6 Å². The highest BCUT2D eigenvalue weighted by Crippen LogP contribution is 2.10. The summed E-state index contributed by atoms with van der Waals surface area (Å²) in [5.41, 5.74) is 41.7. The molecule has 270 valence electrons. The first kappa shape index (κ1) is 41.4. The lowest BCUT2D eigenvalue weighted by Crippen LogP contribution is -2.59. The number of Topliss-reactive ketones (excluding diaryl/α,β-unsaturated/α-hetero) is 4. The van der Waals surface area contributed by atoms with Gasteiger partial charge in [-0.05, 0) is 55.8 Å². The fraction of sp³-hybridized carbons (Fsp3) is 0.485. The van der Waals surface area contributed by atoms with Gasteiger partial charge in [-0.3, -0.25) is 40.6 Å². The molecule has 16 nitrogen and oxygen atoms in total. The molecule has 0 spiro atoms. The average Bonchev–Trinajstić information content (AvgIpc) is 3.06. The predicted molar refractivity (Wildman–Crippen MR) is 189 cm³/mol. The second-order valence-corrected chi connectivity index (χ2v) is 12.1. The van der Waals surface area contributed by atoms with Gasteiger partial charge in [-0.1, -0.05) is 68.4 Å². The lowest BCUT2D eigenvalue weighted by molar-refractivity contribution is -0.140. The van der Waals surface area contributed by atoms with Gasteiger partial charge in [0, 0.05) is 18.5 Å². The topological polar surface area (TPSA) is 294 Å². The van der Waals surface area contributed by atoms with Crippen LogP contribution in [0.3, 0.4) is 0 Å². The second kappa shape index (κ2) is 22.0. The SMILES string of the molecule is CC(C)[C@H](NN[C@@H](CCCNC(N)N)C(=O)C(=O)Cc1ccccc1)C(=O)C(=O)[C@H](CCCNC(N)N)NNCc1ccc(C(=N)N)cc1. The van der Waals surface area contributed by atoms with E-state index in [2.05, 4.69) is 32.3 Å². The van der Waals surface area contributed by atoms with Crippen LogP contribution < -0.4 is 61.0 Å². The van der Waals surface area contributed by atoms with Crippen LogP contribution in [0.1, 0.15) is 56.2 Å². The number of hydrogen-bond acceptors (Lipinski definition) is 15. The van der Waals surface area contributed by atoms with Crippen molar-refractivity contribution in [1.29, 1.82) is 5.41 Å². The normalized spacial score (nSPS) is 13.4. The van der Waals surface area contributed by atoms with E-state index in [-0.39, 0.29) is 31.0 Å². The molecule has 0 aliphatic heterocycles. The molecule has 17 N–H and O–H groups in total. The molecule has 0 unspecified atom stereocenters. The third-order valence-corrected chi connectivity index (χ3v) is 7.65. The zero-order valence-corrected chi connectivity index (χ0v) is 28.3. The van der Waals surface area contributed by atoms with E-state index < -0.39 is 53.8 Å². The summed E-state index contributed by atoms with van der Waals surface area (Å²) in [5, 5.41) is 13.3. The first-order valence-electron chi connectivity index (χ1n) is 16.4. The van der Waals surface area contributed by atoms with Crippen LogP contribution in [0.4, 0.5) is 0 Å². The molecule has 0 saturated carbocycles. The Morgan fingerprint density at radius 1 is 0.694 bits per heavy atom. The van der Waals surface area contributed by atoms with Gasteiger partial charge in [-0.15, -0.1) is 0 Å². The molecule has 16 heteroatoms. The van der Waals surface area contributed by atoms with E-state index in [0.717, 1.165) is 5.56 Å². The number of ketones is 4. The highest BCUT2D eigenvalue weighted by atomic mass is 16.2. The summed E-state index contributed by atoms with van der Waals surface area (Å²) in [6, 6.07) is 13.1. The second-order valence-electron chi connectivity index (χ2n) is 12.1. The van der Waals surface area contributed by atoms with Gasteiger partial charge in [0.25, 0.3) is 0 Å². The van der Waals surface area contributed by atoms with E-state index in [4.69, 9.17) is 34.1 Å². The monoisotopic (exact) mass is 682 g/mol. The smallest absolute Gasteiger partial charge is 0.218 e. The summed E-state index contributed by atoms with van der Waals surface area (Å²) in [5.74, 6) is -3.02. The fourth-order valence-electron chi connectivity index (χ4n) is 4.88. The summed E-state index contributed by atoms with van der Waals surface area (Å²) in [6.07, 6.45) is -0.0851. The maximum atomic E-state index is 13.7. The Hall–Kier alpha value is -3.81. The Kier molecular flexibility index (Phi) is 18.6. The lowest BCUT2D eigenvalue weighted by Gasteiger charge is -2.27. The van der Waals surface area contributed by atoms with Crippen LogP contribution in [0.2, 0.25) is 0 Å². The quantitative estimate of drug-likeness (QED) is 0.0129. The van der Waals surface area contributed by atoms with E-state index in [0.29, 0.717) is 43.6 Å². The molecule has 49 heavy (non-hydrogen) atoms. The minimum Gasteiger partial charge on any atom is -0.384 e. The molecule has 0 aliphatic rings. The summed E-state index contributed by atoms with van der Waals surface area (Å²) in [4.78, 5) is 53.7. The number of hydrogen-bond donors (Lipinski definition) is 12. The molecule has 0 bridgehead atoms. The van der Waals surface area contributed by atoms with Crippen molar-refractivity contribution in [3.63, 3.8) is 0 Å². The van der Waals surface area contributed by atoms with Crippen LogP contribution in [0, 0.1) is 11.3 Å². The van der Waals surface area contributed by atoms with Crippen molar-refractivity contribution in [2.75, 3.05) is 13.1 Å². The first-order valence-corrected chi connectivity index (χ1v) is 16.4. The van der Waals surface area contributed by atoms with Crippen molar-refractivity contribution < 1.29 is 19.2 Å². The number of nitrogen functional groups attached to an aromatic ring is 1. The maximum absolute atomic E-state index is 13.7. The molecule has 2 aromatic carbocycles. The number of benzene rings is 2.